The number of hydrogen-bond donors (Lipinski definition) is 2. The van der Waals surface area contributed by atoms with Crippen molar-refractivity contribution in [1.82, 2.24) is 5.32 Å². The van der Waals surface area contributed by atoms with Crippen molar-refractivity contribution in [3.63, 3.8) is 0 Å². The van der Waals surface area contributed by atoms with Gasteiger partial charge in [0, 0.05) is 11.0 Å². The number of carbonyl (C=O) groups excluding carboxylic acids is 1. The summed E-state index contributed by atoms with van der Waals surface area (Å²) in [5.74, 6) is -0.244. The Bertz CT molecular complexity index is 441. The van der Waals surface area contributed by atoms with Crippen molar-refractivity contribution in [1.29, 1.82) is 0 Å². The molecule has 0 spiro atoms. The van der Waals surface area contributed by atoms with Gasteiger partial charge in [-0.1, -0.05) is 22.0 Å². The van der Waals surface area contributed by atoms with Gasteiger partial charge in [0.05, 0.1) is 0 Å². The molecule has 1 fully saturated rings. The first-order valence-corrected chi connectivity index (χ1v) is 6.56. The summed E-state index contributed by atoms with van der Waals surface area (Å²) >= 11 is 3.40. The first-order chi connectivity index (χ1) is 8.01. The minimum Gasteiger partial charge on any atom is -0.380 e. The van der Waals surface area contributed by atoms with Crippen LogP contribution in [0.5, 0.6) is 0 Å². The molecular formula is C13H16BrNO2. The third-order valence-corrected chi connectivity index (χ3v) is 3.84. The van der Waals surface area contributed by atoms with E-state index in [1.807, 2.05) is 25.1 Å². The van der Waals surface area contributed by atoms with Gasteiger partial charge < -0.3 is 10.4 Å². The lowest BCUT2D eigenvalue weighted by Gasteiger charge is -2.34. The van der Waals surface area contributed by atoms with Crippen molar-refractivity contribution < 1.29 is 9.90 Å². The summed E-state index contributed by atoms with van der Waals surface area (Å²) in [6, 6.07) is 5.94. The van der Waals surface area contributed by atoms with Crippen LogP contribution in [0.4, 0.5) is 0 Å². The zero-order valence-corrected chi connectivity index (χ0v) is 11.4. The molecule has 0 aromatic heterocycles. The number of benzene rings is 1. The fourth-order valence-electron chi connectivity index (χ4n) is 1.94. The molecular weight excluding hydrogens is 282 g/mol. The van der Waals surface area contributed by atoms with Crippen molar-refractivity contribution in [3.8, 4) is 0 Å². The molecule has 0 heterocycles. The van der Waals surface area contributed by atoms with Crippen LogP contribution in [-0.2, 0) is 11.3 Å². The van der Waals surface area contributed by atoms with Crippen LogP contribution in [0, 0.1) is 6.92 Å². The van der Waals surface area contributed by atoms with Gasteiger partial charge in [0.2, 0.25) is 0 Å². The van der Waals surface area contributed by atoms with E-state index in [1.165, 1.54) is 0 Å². The van der Waals surface area contributed by atoms with Crippen LogP contribution in [-0.4, -0.2) is 16.6 Å². The van der Waals surface area contributed by atoms with Crippen LogP contribution in [0.15, 0.2) is 22.7 Å². The molecule has 1 amide bonds. The predicted octanol–water partition coefficient (Wildman–Crippen LogP) is 2.29. The predicted molar refractivity (Wildman–Crippen MR) is 69.5 cm³/mol. The molecule has 17 heavy (non-hydrogen) atoms. The lowest BCUT2D eigenvalue weighted by atomic mass is 9.79. The van der Waals surface area contributed by atoms with E-state index in [4.69, 9.17) is 0 Å². The maximum atomic E-state index is 11.7. The molecule has 1 aliphatic carbocycles. The zero-order valence-electron chi connectivity index (χ0n) is 9.79. The standard InChI is InChI=1S/C13H16BrNO2/c1-9-7-11(14)4-3-10(9)8-15-12(16)13(17)5-2-6-13/h3-4,7,17H,2,5-6,8H2,1H3,(H,15,16). The number of halogens is 1. The highest BCUT2D eigenvalue weighted by Gasteiger charge is 2.41. The van der Waals surface area contributed by atoms with Gasteiger partial charge in [-0.3, -0.25) is 4.79 Å². The molecule has 0 aliphatic heterocycles. The summed E-state index contributed by atoms with van der Waals surface area (Å²) < 4.78 is 1.03. The van der Waals surface area contributed by atoms with Gasteiger partial charge in [0.25, 0.3) is 5.91 Å². The number of amides is 1. The first-order valence-electron chi connectivity index (χ1n) is 5.77. The van der Waals surface area contributed by atoms with Crippen LogP contribution < -0.4 is 5.32 Å². The van der Waals surface area contributed by atoms with Crippen molar-refractivity contribution >= 4 is 21.8 Å². The van der Waals surface area contributed by atoms with Crippen LogP contribution in [0.3, 0.4) is 0 Å². The van der Waals surface area contributed by atoms with Crippen LogP contribution in [0.2, 0.25) is 0 Å². The Morgan fingerprint density at radius 3 is 2.76 bits per heavy atom. The summed E-state index contributed by atoms with van der Waals surface area (Å²) in [4.78, 5) is 11.7. The summed E-state index contributed by atoms with van der Waals surface area (Å²) in [6.07, 6.45) is 2.09. The Morgan fingerprint density at radius 1 is 1.53 bits per heavy atom. The number of nitrogens with one attached hydrogen (secondary N) is 1. The summed E-state index contributed by atoms with van der Waals surface area (Å²) in [5, 5.41) is 12.6. The largest absolute Gasteiger partial charge is 0.380 e. The van der Waals surface area contributed by atoms with Gasteiger partial charge in [-0.2, -0.15) is 0 Å². The van der Waals surface area contributed by atoms with Crippen LogP contribution >= 0.6 is 15.9 Å². The summed E-state index contributed by atoms with van der Waals surface area (Å²) in [5.41, 5.74) is 1.09. The minimum atomic E-state index is -1.11. The number of hydrogen-bond acceptors (Lipinski definition) is 2. The third kappa shape index (κ3) is 2.69. The molecule has 4 heteroatoms. The van der Waals surface area contributed by atoms with Crippen LogP contribution in [0.1, 0.15) is 30.4 Å². The highest BCUT2D eigenvalue weighted by molar-refractivity contribution is 9.10. The normalized spacial score (nSPS) is 17.4. The average Bonchev–Trinajstić information content (AvgIpc) is 2.24. The fourth-order valence-corrected chi connectivity index (χ4v) is 2.41. The van der Waals surface area contributed by atoms with Gasteiger partial charge >= 0.3 is 0 Å². The van der Waals surface area contributed by atoms with E-state index >= 15 is 0 Å². The van der Waals surface area contributed by atoms with Gasteiger partial charge in [-0.15, -0.1) is 0 Å². The molecule has 0 atom stereocenters. The fraction of sp³-hybridized carbons (Fsp3) is 0.462. The van der Waals surface area contributed by atoms with Crippen molar-refractivity contribution in [2.24, 2.45) is 0 Å². The van der Waals surface area contributed by atoms with Gasteiger partial charge in [0.1, 0.15) is 5.60 Å². The maximum Gasteiger partial charge on any atom is 0.252 e. The molecule has 0 bridgehead atoms. The Hall–Kier alpha value is -0.870. The number of carbonyl (C=O) groups is 1. The maximum absolute atomic E-state index is 11.7. The number of rotatable bonds is 3. The Balaban J connectivity index is 1.95. The van der Waals surface area contributed by atoms with Crippen LogP contribution in [0.25, 0.3) is 0 Å². The van der Waals surface area contributed by atoms with Gasteiger partial charge in [-0.25, -0.2) is 0 Å². The Kier molecular flexibility index (Phi) is 3.54. The van der Waals surface area contributed by atoms with E-state index in [0.717, 1.165) is 22.0 Å². The molecule has 1 aromatic carbocycles. The lowest BCUT2D eigenvalue weighted by molar-refractivity contribution is -0.148. The molecule has 92 valence electrons. The number of aliphatic hydroxyl groups is 1. The first kappa shape index (κ1) is 12.6. The van der Waals surface area contributed by atoms with Gasteiger partial charge in [0.15, 0.2) is 0 Å². The SMILES string of the molecule is Cc1cc(Br)ccc1CNC(=O)C1(O)CCC1. The van der Waals surface area contributed by atoms with Crippen molar-refractivity contribution in [3.05, 3.63) is 33.8 Å². The quantitative estimate of drug-likeness (QED) is 0.899. The van der Waals surface area contributed by atoms with E-state index in [1.54, 1.807) is 0 Å². The Labute approximate surface area is 109 Å². The van der Waals surface area contributed by atoms with E-state index in [9.17, 15) is 9.90 Å². The minimum absolute atomic E-state index is 0.244. The van der Waals surface area contributed by atoms with E-state index in [-0.39, 0.29) is 5.91 Å². The van der Waals surface area contributed by atoms with E-state index in [2.05, 4.69) is 21.2 Å². The average molecular weight is 298 g/mol. The van der Waals surface area contributed by atoms with E-state index in [0.29, 0.717) is 19.4 Å². The molecule has 0 saturated heterocycles. The second kappa shape index (κ2) is 4.78. The molecule has 0 radical (unpaired) electrons. The lowest BCUT2D eigenvalue weighted by Crippen LogP contribution is -2.51. The smallest absolute Gasteiger partial charge is 0.252 e. The topological polar surface area (TPSA) is 49.3 Å². The molecule has 1 aromatic rings. The Morgan fingerprint density at radius 2 is 2.24 bits per heavy atom. The molecule has 2 N–H and O–H groups in total. The van der Waals surface area contributed by atoms with Crippen molar-refractivity contribution in [2.75, 3.05) is 0 Å². The summed E-state index contributed by atoms with van der Waals surface area (Å²) in [6.45, 7) is 2.48. The van der Waals surface area contributed by atoms with Crippen molar-refractivity contribution in [2.45, 2.75) is 38.3 Å². The summed E-state index contributed by atoms with van der Waals surface area (Å²) in [7, 11) is 0. The highest BCUT2D eigenvalue weighted by atomic mass is 79.9. The highest BCUT2D eigenvalue weighted by Crippen LogP contribution is 2.31. The number of aryl methyl sites for hydroxylation is 1. The molecule has 2 rings (SSSR count). The molecule has 3 nitrogen and oxygen atoms in total. The van der Waals surface area contributed by atoms with Gasteiger partial charge in [-0.05, 0) is 49.4 Å². The monoisotopic (exact) mass is 297 g/mol. The molecule has 1 saturated carbocycles. The zero-order chi connectivity index (χ0) is 12.5. The molecule has 0 unspecified atom stereocenters. The molecule has 1 aliphatic rings. The third-order valence-electron chi connectivity index (χ3n) is 3.35. The second-order valence-electron chi connectivity index (χ2n) is 4.64. The van der Waals surface area contributed by atoms with E-state index < -0.39 is 5.60 Å². The second-order valence-corrected chi connectivity index (χ2v) is 5.55.